The van der Waals surface area contributed by atoms with Crippen LogP contribution in [0.5, 0.6) is 5.75 Å². The summed E-state index contributed by atoms with van der Waals surface area (Å²) in [6.07, 6.45) is 5.29. The highest BCUT2D eigenvalue weighted by Crippen LogP contribution is 2.18. The van der Waals surface area contributed by atoms with E-state index in [1.165, 1.54) is 0 Å². The van der Waals surface area contributed by atoms with Gasteiger partial charge in [0.1, 0.15) is 12.4 Å². The minimum absolute atomic E-state index is 0.312. The zero-order valence-corrected chi connectivity index (χ0v) is 15.3. The second-order valence-electron chi connectivity index (χ2n) is 6.88. The number of nitrogens with zero attached hydrogens (tertiary/aromatic N) is 2. The molecule has 1 aliphatic rings. The number of likely N-dealkylation sites (N-methyl/N-ethyl adjacent to an activating group) is 1. The van der Waals surface area contributed by atoms with Gasteiger partial charge in [-0.05, 0) is 19.0 Å². The lowest BCUT2D eigenvalue weighted by atomic mass is 10.0. The number of hydrogen-bond donors (Lipinski definition) is 1. The molecule has 1 fully saturated rings. The van der Waals surface area contributed by atoms with Crippen molar-refractivity contribution in [2.45, 2.75) is 26.4 Å². The van der Waals surface area contributed by atoms with Gasteiger partial charge in [-0.1, -0.05) is 38.0 Å². The standard InChI is InChI=1S/C20H31N3O/c1-5-14-24-20-9-7-6-8-18(20)15-21-16-19(17(2)3)23-12-10-22(4)11-13-23/h1,6-9,17,19,21H,10-16H2,2-4H3. The maximum atomic E-state index is 5.63. The first kappa shape index (κ1) is 18.8. The van der Waals surface area contributed by atoms with E-state index in [0.29, 0.717) is 18.6 Å². The van der Waals surface area contributed by atoms with Crippen LogP contribution in [0.3, 0.4) is 0 Å². The predicted molar refractivity (Wildman–Crippen MR) is 100 cm³/mol. The zero-order chi connectivity index (χ0) is 17.4. The van der Waals surface area contributed by atoms with E-state index in [2.05, 4.69) is 48.0 Å². The third kappa shape index (κ3) is 5.52. The van der Waals surface area contributed by atoms with Crippen molar-refractivity contribution in [3.8, 4) is 18.1 Å². The Hall–Kier alpha value is -1.54. The van der Waals surface area contributed by atoms with E-state index in [1.807, 2.05) is 18.2 Å². The molecule has 1 heterocycles. The first-order chi connectivity index (χ1) is 11.6. The van der Waals surface area contributed by atoms with Crippen LogP contribution >= 0.6 is 0 Å². The molecule has 1 aliphatic heterocycles. The molecule has 1 atom stereocenters. The summed E-state index contributed by atoms with van der Waals surface area (Å²) >= 11 is 0. The smallest absolute Gasteiger partial charge is 0.148 e. The molecule has 0 bridgehead atoms. The van der Waals surface area contributed by atoms with Gasteiger partial charge in [-0.2, -0.15) is 0 Å². The van der Waals surface area contributed by atoms with Gasteiger partial charge in [0.2, 0.25) is 0 Å². The molecule has 132 valence electrons. The van der Waals surface area contributed by atoms with Crippen molar-refractivity contribution in [1.29, 1.82) is 0 Å². The SMILES string of the molecule is C#CCOc1ccccc1CNCC(C(C)C)N1CCN(C)CC1. The number of para-hydroxylation sites is 1. The highest BCUT2D eigenvalue weighted by molar-refractivity contribution is 5.33. The first-order valence-electron chi connectivity index (χ1n) is 8.89. The molecular formula is C20H31N3O. The Kier molecular flexibility index (Phi) is 7.58. The monoisotopic (exact) mass is 329 g/mol. The van der Waals surface area contributed by atoms with E-state index in [0.717, 1.165) is 50.6 Å². The second kappa shape index (κ2) is 9.68. The zero-order valence-electron chi connectivity index (χ0n) is 15.3. The third-order valence-electron chi connectivity index (χ3n) is 4.73. The van der Waals surface area contributed by atoms with Gasteiger partial charge >= 0.3 is 0 Å². The van der Waals surface area contributed by atoms with Crippen molar-refractivity contribution >= 4 is 0 Å². The quantitative estimate of drug-likeness (QED) is 0.739. The van der Waals surface area contributed by atoms with Crippen molar-refractivity contribution in [1.82, 2.24) is 15.1 Å². The van der Waals surface area contributed by atoms with E-state index in [4.69, 9.17) is 11.2 Å². The summed E-state index contributed by atoms with van der Waals surface area (Å²) in [5, 5.41) is 3.62. The average molecular weight is 329 g/mol. The number of benzene rings is 1. The molecule has 1 aromatic carbocycles. The van der Waals surface area contributed by atoms with Crippen LogP contribution in [-0.2, 0) is 6.54 Å². The van der Waals surface area contributed by atoms with Crippen molar-refractivity contribution in [3.63, 3.8) is 0 Å². The molecule has 1 unspecified atom stereocenters. The van der Waals surface area contributed by atoms with Crippen LogP contribution in [0.2, 0.25) is 0 Å². The molecule has 1 N–H and O–H groups in total. The predicted octanol–water partition coefficient (Wildman–Crippen LogP) is 2.06. The van der Waals surface area contributed by atoms with Crippen LogP contribution in [-0.4, -0.2) is 62.2 Å². The fraction of sp³-hybridized carbons (Fsp3) is 0.600. The summed E-state index contributed by atoms with van der Waals surface area (Å²) < 4.78 is 5.63. The topological polar surface area (TPSA) is 27.7 Å². The summed E-state index contributed by atoms with van der Waals surface area (Å²) in [6, 6.07) is 8.67. The largest absolute Gasteiger partial charge is 0.481 e. The number of hydrogen-bond acceptors (Lipinski definition) is 4. The number of nitrogens with one attached hydrogen (secondary N) is 1. The minimum Gasteiger partial charge on any atom is -0.481 e. The molecule has 0 radical (unpaired) electrons. The van der Waals surface area contributed by atoms with Gasteiger partial charge < -0.3 is 15.0 Å². The van der Waals surface area contributed by atoms with E-state index >= 15 is 0 Å². The number of terminal acetylenes is 1. The van der Waals surface area contributed by atoms with Gasteiger partial charge in [0, 0.05) is 50.9 Å². The van der Waals surface area contributed by atoms with Crippen LogP contribution in [0.4, 0.5) is 0 Å². The van der Waals surface area contributed by atoms with E-state index in [-0.39, 0.29) is 0 Å². The highest BCUT2D eigenvalue weighted by atomic mass is 16.5. The lowest BCUT2D eigenvalue weighted by Crippen LogP contribution is -2.53. The second-order valence-corrected chi connectivity index (χ2v) is 6.88. The maximum Gasteiger partial charge on any atom is 0.148 e. The molecule has 0 amide bonds. The molecule has 2 rings (SSSR count). The molecule has 4 nitrogen and oxygen atoms in total. The van der Waals surface area contributed by atoms with E-state index in [1.54, 1.807) is 0 Å². The molecule has 0 saturated carbocycles. The summed E-state index contributed by atoms with van der Waals surface area (Å²) in [7, 11) is 2.20. The Bertz CT molecular complexity index is 530. The van der Waals surface area contributed by atoms with Crippen molar-refractivity contribution in [3.05, 3.63) is 29.8 Å². The average Bonchev–Trinajstić information content (AvgIpc) is 2.58. The summed E-state index contributed by atoms with van der Waals surface area (Å²) in [4.78, 5) is 5.03. The highest BCUT2D eigenvalue weighted by Gasteiger charge is 2.24. The molecule has 1 aromatic rings. The fourth-order valence-electron chi connectivity index (χ4n) is 3.20. The van der Waals surface area contributed by atoms with Gasteiger partial charge in [0.05, 0.1) is 0 Å². The third-order valence-corrected chi connectivity index (χ3v) is 4.73. The van der Waals surface area contributed by atoms with Crippen molar-refractivity contribution in [2.75, 3.05) is 46.4 Å². The van der Waals surface area contributed by atoms with Crippen LogP contribution < -0.4 is 10.1 Å². The Morgan fingerprint density at radius 3 is 2.58 bits per heavy atom. The molecule has 4 heteroatoms. The van der Waals surface area contributed by atoms with E-state index < -0.39 is 0 Å². The summed E-state index contributed by atoms with van der Waals surface area (Å²) in [5.74, 6) is 4.04. The summed E-state index contributed by atoms with van der Waals surface area (Å²) in [5.41, 5.74) is 1.16. The minimum atomic E-state index is 0.312. The lowest BCUT2D eigenvalue weighted by molar-refractivity contribution is 0.0875. The van der Waals surface area contributed by atoms with Crippen LogP contribution in [0.1, 0.15) is 19.4 Å². The molecule has 0 aromatic heterocycles. The number of rotatable bonds is 8. The van der Waals surface area contributed by atoms with Crippen LogP contribution in [0.15, 0.2) is 24.3 Å². The Balaban J connectivity index is 1.88. The Morgan fingerprint density at radius 1 is 1.21 bits per heavy atom. The first-order valence-corrected chi connectivity index (χ1v) is 8.89. The Labute approximate surface area is 147 Å². The lowest BCUT2D eigenvalue weighted by Gasteiger charge is -2.40. The van der Waals surface area contributed by atoms with Crippen molar-refractivity contribution in [2.24, 2.45) is 5.92 Å². The van der Waals surface area contributed by atoms with Gasteiger partial charge in [-0.3, -0.25) is 4.90 Å². The normalized spacial score (nSPS) is 17.6. The van der Waals surface area contributed by atoms with Crippen LogP contribution in [0, 0.1) is 18.3 Å². The number of piperazine rings is 1. The van der Waals surface area contributed by atoms with E-state index in [9.17, 15) is 0 Å². The molecule has 1 saturated heterocycles. The Morgan fingerprint density at radius 2 is 1.92 bits per heavy atom. The summed E-state index contributed by atoms with van der Waals surface area (Å²) in [6.45, 7) is 11.4. The maximum absolute atomic E-state index is 5.63. The van der Waals surface area contributed by atoms with Gasteiger partial charge in [-0.25, -0.2) is 0 Å². The number of ether oxygens (including phenoxy) is 1. The van der Waals surface area contributed by atoms with Gasteiger partial charge in [-0.15, -0.1) is 6.42 Å². The fourth-order valence-corrected chi connectivity index (χ4v) is 3.20. The molecular weight excluding hydrogens is 298 g/mol. The molecule has 0 aliphatic carbocycles. The van der Waals surface area contributed by atoms with Crippen molar-refractivity contribution < 1.29 is 4.74 Å². The van der Waals surface area contributed by atoms with Crippen LogP contribution in [0.25, 0.3) is 0 Å². The van der Waals surface area contributed by atoms with Gasteiger partial charge in [0.15, 0.2) is 0 Å². The molecule has 0 spiro atoms. The molecule has 24 heavy (non-hydrogen) atoms. The van der Waals surface area contributed by atoms with Gasteiger partial charge in [0.25, 0.3) is 0 Å².